The van der Waals surface area contributed by atoms with Gasteiger partial charge in [0.15, 0.2) is 0 Å². The first-order chi connectivity index (χ1) is 11.2. The smallest absolute Gasteiger partial charge is 0.119 e. The number of anilines is 1. The van der Waals surface area contributed by atoms with E-state index in [0.717, 1.165) is 12.0 Å². The highest BCUT2D eigenvalue weighted by atomic mass is 16.1. The summed E-state index contributed by atoms with van der Waals surface area (Å²) in [6, 6.07) is 6.12. The van der Waals surface area contributed by atoms with Crippen molar-refractivity contribution in [3.05, 3.63) is 30.0 Å². The van der Waals surface area contributed by atoms with Crippen molar-refractivity contribution >= 4 is 22.9 Å². The average molecular weight is 319 g/mol. The number of rotatable bonds is 6. The minimum atomic E-state index is 0.639. The number of aromatic amines is 1. The molecule has 0 atom stereocenters. The molecule has 23 heavy (non-hydrogen) atoms. The molecule has 0 radical (unpaired) electrons. The number of hydrogen-bond donors (Lipinski definition) is 2. The molecule has 0 bridgehead atoms. The number of fused-ring (bicyclic) bond motifs is 1. The van der Waals surface area contributed by atoms with Gasteiger partial charge >= 0.3 is 0 Å². The second kappa shape index (κ2) is 12.7. The summed E-state index contributed by atoms with van der Waals surface area (Å²) in [5.41, 5.74) is 9.38. The summed E-state index contributed by atoms with van der Waals surface area (Å²) in [5.74, 6) is 0.667. The van der Waals surface area contributed by atoms with Gasteiger partial charge in [-0.1, -0.05) is 47.5 Å². The topological polar surface area (TPSA) is 58.9 Å². The van der Waals surface area contributed by atoms with Crippen LogP contribution in [0.4, 0.5) is 5.69 Å². The number of carbonyl (C=O) groups is 1. The number of nitrogen functional groups attached to an aromatic ring is 1. The van der Waals surface area contributed by atoms with Gasteiger partial charge in [-0.2, -0.15) is 0 Å². The molecule has 0 spiro atoms. The molecule has 0 unspecified atom stereocenters. The lowest BCUT2D eigenvalue weighted by Gasteiger charge is -2.14. The number of nitrogens with one attached hydrogen (secondary N) is 1. The fourth-order valence-corrected chi connectivity index (χ4v) is 2.65. The van der Waals surface area contributed by atoms with Gasteiger partial charge in [-0.25, -0.2) is 0 Å². The van der Waals surface area contributed by atoms with Crippen LogP contribution in [0.5, 0.6) is 0 Å². The Labute approximate surface area is 141 Å². The second-order valence-electron chi connectivity index (χ2n) is 5.40. The van der Waals surface area contributed by atoms with Crippen molar-refractivity contribution in [3.63, 3.8) is 0 Å². The maximum absolute atomic E-state index is 9.17. The van der Waals surface area contributed by atoms with Gasteiger partial charge in [-0.15, -0.1) is 0 Å². The third-order valence-corrected chi connectivity index (χ3v) is 3.62. The molecule has 0 saturated heterocycles. The highest BCUT2D eigenvalue weighted by Gasteiger charge is 2.14. The molecule has 130 valence electrons. The first kappa shape index (κ1) is 21.2. The Morgan fingerprint density at radius 1 is 1.13 bits per heavy atom. The summed E-state index contributed by atoms with van der Waals surface area (Å²) < 4.78 is 0. The summed E-state index contributed by atoms with van der Waals surface area (Å²) in [6.45, 7) is 10.3. The van der Waals surface area contributed by atoms with E-state index in [1.165, 1.54) is 42.1 Å². The van der Waals surface area contributed by atoms with Gasteiger partial charge in [0, 0.05) is 29.2 Å². The Balaban J connectivity index is 0.000000705. The molecule has 0 aliphatic carbocycles. The van der Waals surface area contributed by atoms with Crippen LogP contribution in [0.3, 0.4) is 0 Å². The van der Waals surface area contributed by atoms with Crippen molar-refractivity contribution in [2.24, 2.45) is 0 Å². The molecule has 3 N–H and O–H groups in total. The monoisotopic (exact) mass is 318 g/mol. The third kappa shape index (κ3) is 6.89. The molecule has 1 aromatic carbocycles. The lowest BCUT2D eigenvalue weighted by atomic mass is 9.90. The predicted octanol–water partition coefficient (Wildman–Crippen LogP) is 6.06. The van der Waals surface area contributed by atoms with E-state index in [2.05, 4.69) is 37.2 Å². The van der Waals surface area contributed by atoms with Crippen LogP contribution in [0, 0.1) is 0 Å². The molecule has 1 heterocycles. The Bertz CT molecular complexity index is 540. The zero-order valence-electron chi connectivity index (χ0n) is 15.5. The summed E-state index contributed by atoms with van der Waals surface area (Å²) in [4.78, 5) is 12.5. The molecule has 0 aliphatic rings. The SMILES string of the molecule is CC.CCC=O.CCCC(CCC)c1c[nH]c2ccc(N)cc12. The molecule has 1 aromatic heterocycles. The van der Waals surface area contributed by atoms with Gasteiger partial charge in [0.2, 0.25) is 0 Å². The van der Waals surface area contributed by atoms with Crippen molar-refractivity contribution in [3.8, 4) is 0 Å². The highest BCUT2D eigenvalue weighted by Crippen LogP contribution is 2.32. The summed E-state index contributed by atoms with van der Waals surface area (Å²) in [7, 11) is 0. The number of H-pyrrole nitrogens is 1. The van der Waals surface area contributed by atoms with Gasteiger partial charge in [0.1, 0.15) is 6.29 Å². The van der Waals surface area contributed by atoms with Crippen LogP contribution in [-0.2, 0) is 4.79 Å². The van der Waals surface area contributed by atoms with E-state index >= 15 is 0 Å². The van der Waals surface area contributed by atoms with Crippen molar-refractivity contribution in [2.45, 2.75) is 72.6 Å². The van der Waals surface area contributed by atoms with Crippen LogP contribution in [-0.4, -0.2) is 11.3 Å². The van der Waals surface area contributed by atoms with E-state index in [4.69, 9.17) is 5.73 Å². The maximum Gasteiger partial charge on any atom is 0.119 e. The molecule has 3 heteroatoms. The van der Waals surface area contributed by atoms with Gasteiger partial charge in [0.05, 0.1) is 0 Å². The molecular weight excluding hydrogens is 284 g/mol. The second-order valence-corrected chi connectivity index (χ2v) is 5.40. The Morgan fingerprint density at radius 3 is 2.17 bits per heavy atom. The molecule has 0 amide bonds. The van der Waals surface area contributed by atoms with Crippen LogP contribution >= 0.6 is 0 Å². The number of benzene rings is 1. The summed E-state index contributed by atoms with van der Waals surface area (Å²) in [6.07, 6.45) is 8.67. The molecule has 0 fully saturated rings. The zero-order valence-corrected chi connectivity index (χ0v) is 15.5. The minimum absolute atomic E-state index is 0.639. The minimum Gasteiger partial charge on any atom is -0.399 e. The number of nitrogens with two attached hydrogens (primary N) is 1. The Kier molecular flexibility index (Phi) is 11.8. The van der Waals surface area contributed by atoms with Gasteiger partial charge in [-0.3, -0.25) is 0 Å². The highest BCUT2D eigenvalue weighted by molar-refractivity contribution is 5.86. The average Bonchev–Trinajstić information content (AvgIpc) is 2.99. The first-order valence-electron chi connectivity index (χ1n) is 8.97. The Hall–Kier alpha value is -1.77. The largest absolute Gasteiger partial charge is 0.399 e. The fourth-order valence-electron chi connectivity index (χ4n) is 2.65. The van der Waals surface area contributed by atoms with E-state index in [1.807, 2.05) is 26.8 Å². The number of aromatic nitrogens is 1. The van der Waals surface area contributed by atoms with Gasteiger partial charge < -0.3 is 15.5 Å². The van der Waals surface area contributed by atoms with Gasteiger partial charge in [0.25, 0.3) is 0 Å². The summed E-state index contributed by atoms with van der Waals surface area (Å²) in [5, 5.41) is 1.30. The molecule has 0 aliphatic heterocycles. The van der Waals surface area contributed by atoms with E-state index in [9.17, 15) is 4.79 Å². The van der Waals surface area contributed by atoms with Crippen molar-refractivity contribution < 1.29 is 4.79 Å². The predicted molar refractivity (Wildman–Crippen MR) is 103 cm³/mol. The standard InChI is InChI=1S/C15H22N2.C3H6O.C2H6/c1-3-5-11(6-4-2)14-10-17-15-8-7-12(16)9-13(14)15;1-2-3-4;1-2/h7-11,17H,3-6,16H2,1-2H3;3H,2H2,1H3;1-2H3. The maximum atomic E-state index is 9.17. The lowest BCUT2D eigenvalue weighted by molar-refractivity contribution is -0.107. The van der Waals surface area contributed by atoms with Gasteiger partial charge in [-0.05, 0) is 42.5 Å². The van der Waals surface area contributed by atoms with Crippen LogP contribution in [0.25, 0.3) is 10.9 Å². The van der Waals surface area contributed by atoms with Crippen molar-refractivity contribution in [1.82, 2.24) is 4.98 Å². The van der Waals surface area contributed by atoms with E-state index in [-0.39, 0.29) is 0 Å². The third-order valence-electron chi connectivity index (χ3n) is 3.62. The van der Waals surface area contributed by atoms with Crippen molar-refractivity contribution in [1.29, 1.82) is 0 Å². The van der Waals surface area contributed by atoms with Crippen LogP contribution in [0.1, 0.15) is 78.2 Å². The van der Waals surface area contributed by atoms with E-state index in [1.54, 1.807) is 0 Å². The molecule has 3 nitrogen and oxygen atoms in total. The lowest BCUT2D eigenvalue weighted by Crippen LogP contribution is -1.97. The normalized spacial score (nSPS) is 9.83. The Morgan fingerprint density at radius 2 is 1.70 bits per heavy atom. The zero-order chi connectivity index (χ0) is 17.7. The first-order valence-corrected chi connectivity index (χ1v) is 8.97. The molecule has 2 rings (SSSR count). The number of hydrogen-bond acceptors (Lipinski definition) is 2. The quantitative estimate of drug-likeness (QED) is 0.502. The van der Waals surface area contributed by atoms with Crippen LogP contribution in [0.2, 0.25) is 0 Å². The number of aldehydes is 1. The summed E-state index contributed by atoms with van der Waals surface area (Å²) >= 11 is 0. The number of carbonyl (C=O) groups excluding carboxylic acids is 1. The van der Waals surface area contributed by atoms with Crippen LogP contribution < -0.4 is 5.73 Å². The molecule has 2 aromatic rings. The molecule has 0 saturated carbocycles. The van der Waals surface area contributed by atoms with Crippen molar-refractivity contribution in [2.75, 3.05) is 5.73 Å². The van der Waals surface area contributed by atoms with E-state index < -0.39 is 0 Å². The molecular formula is C20H34N2O. The van der Waals surface area contributed by atoms with E-state index in [0.29, 0.717) is 12.3 Å². The fraction of sp³-hybridized carbons (Fsp3) is 0.550. The van der Waals surface area contributed by atoms with Crippen LogP contribution in [0.15, 0.2) is 24.4 Å².